The van der Waals surface area contributed by atoms with Gasteiger partial charge in [-0.15, -0.1) is 0 Å². The molecule has 0 bridgehead atoms. The van der Waals surface area contributed by atoms with E-state index in [4.69, 9.17) is 4.74 Å². The van der Waals surface area contributed by atoms with E-state index in [1.54, 1.807) is 7.11 Å². The maximum Gasteiger partial charge on any atom is 0.234 e. The number of aromatic amines is 1. The van der Waals surface area contributed by atoms with Gasteiger partial charge >= 0.3 is 0 Å². The third kappa shape index (κ3) is 4.85. The standard InChI is InChI=1S/C25H31N3O2/c1-30-21-12-10-19(11-13-21)24-9-3-2-6-16-28(24)18-25(29)26-15-14-20-17-27-23-8-5-4-7-22(20)23/h4-5,7-8,10-13,17,24,27H,2-3,6,9,14-16,18H2,1H3,(H,26,29)/t24-/m0/s1. The van der Waals surface area contributed by atoms with Crippen LogP contribution in [0.5, 0.6) is 5.75 Å². The van der Waals surface area contributed by atoms with E-state index < -0.39 is 0 Å². The maximum atomic E-state index is 12.7. The Kier molecular flexibility index (Phi) is 6.70. The summed E-state index contributed by atoms with van der Waals surface area (Å²) in [4.78, 5) is 18.4. The van der Waals surface area contributed by atoms with Crippen LogP contribution in [0.2, 0.25) is 0 Å². The lowest BCUT2D eigenvalue weighted by molar-refractivity contribution is -0.122. The first kappa shape index (κ1) is 20.5. The van der Waals surface area contributed by atoms with Gasteiger partial charge in [0, 0.05) is 29.7 Å². The minimum atomic E-state index is 0.107. The zero-order chi connectivity index (χ0) is 20.8. The molecule has 1 aliphatic heterocycles. The average molecular weight is 406 g/mol. The van der Waals surface area contributed by atoms with Gasteiger partial charge in [0.05, 0.1) is 13.7 Å². The van der Waals surface area contributed by atoms with Crippen molar-refractivity contribution in [1.29, 1.82) is 0 Å². The van der Waals surface area contributed by atoms with Gasteiger partial charge in [0.15, 0.2) is 0 Å². The van der Waals surface area contributed by atoms with Gasteiger partial charge in [-0.2, -0.15) is 0 Å². The van der Waals surface area contributed by atoms with Crippen LogP contribution in [0.1, 0.15) is 42.9 Å². The number of ether oxygens (including phenoxy) is 1. The Morgan fingerprint density at radius 2 is 1.97 bits per heavy atom. The number of amides is 1. The topological polar surface area (TPSA) is 57.4 Å². The normalized spacial score (nSPS) is 17.6. The van der Waals surface area contributed by atoms with Gasteiger partial charge in [-0.05, 0) is 55.1 Å². The van der Waals surface area contributed by atoms with Gasteiger partial charge in [-0.1, -0.05) is 43.2 Å². The monoisotopic (exact) mass is 405 g/mol. The zero-order valence-corrected chi connectivity index (χ0v) is 17.7. The number of H-pyrrole nitrogens is 1. The number of carbonyl (C=O) groups is 1. The SMILES string of the molecule is COc1ccc([C@@H]2CCCCCN2CC(=O)NCCc2c[nH]c3ccccc23)cc1. The lowest BCUT2D eigenvalue weighted by Crippen LogP contribution is -2.39. The van der Waals surface area contributed by atoms with Crippen molar-refractivity contribution in [2.45, 2.75) is 38.1 Å². The fourth-order valence-corrected chi connectivity index (χ4v) is 4.48. The first-order valence-electron chi connectivity index (χ1n) is 10.9. The summed E-state index contributed by atoms with van der Waals surface area (Å²) in [5.74, 6) is 0.976. The van der Waals surface area contributed by atoms with Crippen LogP contribution in [0, 0.1) is 0 Å². The minimum Gasteiger partial charge on any atom is -0.497 e. The van der Waals surface area contributed by atoms with E-state index in [0.717, 1.165) is 37.1 Å². The summed E-state index contributed by atoms with van der Waals surface area (Å²) >= 11 is 0. The molecule has 0 spiro atoms. The lowest BCUT2D eigenvalue weighted by atomic mass is 10.0. The van der Waals surface area contributed by atoms with Crippen LogP contribution in [-0.2, 0) is 11.2 Å². The van der Waals surface area contributed by atoms with Crippen molar-refractivity contribution in [3.05, 3.63) is 65.9 Å². The number of fused-ring (bicyclic) bond motifs is 1. The third-order valence-electron chi connectivity index (χ3n) is 6.10. The second-order valence-electron chi connectivity index (χ2n) is 8.07. The van der Waals surface area contributed by atoms with Crippen molar-refractivity contribution in [3.8, 4) is 5.75 Å². The molecule has 4 rings (SSSR count). The van der Waals surface area contributed by atoms with Crippen LogP contribution in [0.3, 0.4) is 0 Å². The molecule has 2 heterocycles. The first-order valence-corrected chi connectivity index (χ1v) is 10.9. The molecule has 0 unspecified atom stereocenters. The zero-order valence-electron chi connectivity index (χ0n) is 17.7. The summed E-state index contributed by atoms with van der Waals surface area (Å²) in [6.45, 7) is 2.07. The van der Waals surface area contributed by atoms with Gasteiger partial charge in [0.25, 0.3) is 0 Å². The predicted molar refractivity (Wildman–Crippen MR) is 121 cm³/mol. The van der Waals surface area contributed by atoms with E-state index in [2.05, 4.69) is 45.5 Å². The Labute approximate surface area is 178 Å². The number of hydrogen-bond donors (Lipinski definition) is 2. The van der Waals surface area contributed by atoms with E-state index in [1.165, 1.54) is 29.4 Å². The van der Waals surface area contributed by atoms with Crippen LogP contribution in [0.25, 0.3) is 10.9 Å². The Morgan fingerprint density at radius 1 is 1.13 bits per heavy atom. The number of methoxy groups -OCH3 is 1. The van der Waals surface area contributed by atoms with Crippen molar-refractivity contribution in [2.75, 3.05) is 26.7 Å². The summed E-state index contributed by atoms with van der Waals surface area (Å²) in [5, 5.41) is 4.36. The highest BCUT2D eigenvalue weighted by Gasteiger charge is 2.24. The Balaban J connectivity index is 1.35. The quantitative estimate of drug-likeness (QED) is 0.610. The number of benzene rings is 2. The largest absolute Gasteiger partial charge is 0.497 e. The highest BCUT2D eigenvalue weighted by molar-refractivity contribution is 5.83. The summed E-state index contributed by atoms with van der Waals surface area (Å²) in [5.41, 5.74) is 3.66. The fraction of sp³-hybridized carbons (Fsp3) is 0.400. The smallest absolute Gasteiger partial charge is 0.234 e. The number of hydrogen-bond acceptors (Lipinski definition) is 3. The molecule has 2 aromatic carbocycles. The Hall–Kier alpha value is -2.79. The van der Waals surface area contributed by atoms with Gasteiger partial charge in [0.1, 0.15) is 5.75 Å². The molecule has 30 heavy (non-hydrogen) atoms. The summed E-state index contributed by atoms with van der Waals surface area (Å²) < 4.78 is 5.29. The molecule has 2 N–H and O–H groups in total. The summed E-state index contributed by atoms with van der Waals surface area (Å²) in [6.07, 6.45) is 7.55. The second kappa shape index (κ2) is 9.81. The van der Waals surface area contributed by atoms with Crippen molar-refractivity contribution >= 4 is 16.8 Å². The number of likely N-dealkylation sites (tertiary alicyclic amines) is 1. The molecule has 0 saturated carbocycles. The molecule has 0 radical (unpaired) electrons. The van der Waals surface area contributed by atoms with Gasteiger partial charge < -0.3 is 15.0 Å². The molecule has 0 aliphatic carbocycles. The lowest BCUT2D eigenvalue weighted by Gasteiger charge is -2.29. The average Bonchev–Trinajstić information content (AvgIpc) is 3.04. The predicted octanol–water partition coefficient (Wildman–Crippen LogP) is 4.45. The number of aromatic nitrogens is 1. The van der Waals surface area contributed by atoms with E-state index in [0.29, 0.717) is 13.1 Å². The number of rotatable bonds is 7. The van der Waals surface area contributed by atoms with E-state index in [-0.39, 0.29) is 11.9 Å². The molecule has 5 nitrogen and oxygen atoms in total. The van der Waals surface area contributed by atoms with Crippen molar-refractivity contribution < 1.29 is 9.53 Å². The number of nitrogens with one attached hydrogen (secondary N) is 2. The number of para-hydroxylation sites is 1. The molecule has 1 aromatic heterocycles. The maximum absolute atomic E-state index is 12.7. The Morgan fingerprint density at radius 3 is 2.80 bits per heavy atom. The molecule has 1 amide bonds. The van der Waals surface area contributed by atoms with Gasteiger partial charge in [0.2, 0.25) is 5.91 Å². The van der Waals surface area contributed by atoms with Gasteiger partial charge in [-0.3, -0.25) is 9.69 Å². The molecule has 5 heteroatoms. The number of nitrogens with zero attached hydrogens (tertiary/aromatic N) is 1. The highest BCUT2D eigenvalue weighted by atomic mass is 16.5. The highest BCUT2D eigenvalue weighted by Crippen LogP contribution is 2.30. The number of carbonyl (C=O) groups excluding carboxylic acids is 1. The van der Waals surface area contributed by atoms with Crippen molar-refractivity contribution in [1.82, 2.24) is 15.2 Å². The van der Waals surface area contributed by atoms with Crippen LogP contribution < -0.4 is 10.1 Å². The van der Waals surface area contributed by atoms with Crippen LogP contribution >= 0.6 is 0 Å². The fourth-order valence-electron chi connectivity index (χ4n) is 4.48. The molecule has 1 aliphatic rings. The molecule has 158 valence electrons. The second-order valence-corrected chi connectivity index (χ2v) is 8.07. The molecule has 1 saturated heterocycles. The summed E-state index contributed by atoms with van der Waals surface area (Å²) in [6, 6.07) is 16.9. The molecular formula is C25H31N3O2. The van der Waals surface area contributed by atoms with Crippen LogP contribution in [-0.4, -0.2) is 42.5 Å². The molecular weight excluding hydrogens is 374 g/mol. The molecule has 1 fully saturated rings. The summed E-state index contributed by atoms with van der Waals surface area (Å²) in [7, 11) is 1.69. The minimum absolute atomic E-state index is 0.107. The Bertz CT molecular complexity index is 964. The van der Waals surface area contributed by atoms with E-state index in [1.807, 2.05) is 24.4 Å². The van der Waals surface area contributed by atoms with Crippen molar-refractivity contribution in [3.63, 3.8) is 0 Å². The first-order chi connectivity index (χ1) is 14.7. The van der Waals surface area contributed by atoms with Crippen LogP contribution in [0.15, 0.2) is 54.7 Å². The molecule has 3 aromatic rings. The van der Waals surface area contributed by atoms with Crippen LogP contribution in [0.4, 0.5) is 0 Å². The van der Waals surface area contributed by atoms with E-state index in [9.17, 15) is 4.79 Å². The van der Waals surface area contributed by atoms with Gasteiger partial charge in [-0.25, -0.2) is 0 Å². The van der Waals surface area contributed by atoms with E-state index >= 15 is 0 Å². The molecule has 1 atom stereocenters. The van der Waals surface area contributed by atoms with Crippen molar-refractivity contribution in [2.24, 2.45) is 0 Å². The third-order valence-corrected chi connectivity index (χ3v) is 6.10.